The lowest BCUT2D eigenvalue weighted by Crippen LogP contribution is -2.35. The summed E-state index contributed by atoms with van der Waals surface area (Å²) in [4.78, 5) is 26.3. The van der Waals surface area contributed by atoms with Crippen molar-refractivity contribution in [2.24, 2.45) is 0 Å². The fourth-order valence-electron chi connectivity index (χ4n) is 2.24. The van der Waals surface area contributed by atoms with Gasteiger partial charge in [0.25, 0.3) is 5.91 Å². The Bertz CT molecular complexity index is 695. The van der Waals surface area contributed by atoms with Crippen molar-refractivity contribution in [3.05, 3.63) is 40.3 Å². The monoisotopic (exact) mass is 377 g/mol. The molecule has 4 nitrogen and oxygen atoms in total. The summed E-state index contributed by atoms with van der Waals surface area (Å²) in [5.74, 6) is -0.221. The molecule has 0 saturated carbocycles. The normalized spacial score (nSPS) is 17.5. The summed E-state index contributed by atoms with van der Waals surface area (Å²) in [5, 5.41) is 0. The number of hydrogen-bond acceptors (Lipinski definition) is 5. The van der Waals surface area contributed by atoms with Crippen LogP contribution in [0.1, 0.15) is 51.2 Å². The van der Waals surface area contributed by atoms with E-state index in [4.69, 9.17) is 17.0 Å². The van der Waals surface area contributed by atoms with E-state index in [9.17, 15) is 9.59 Å². The van der Waals surface area contributed by atoms with Crippen molar-refractivity contribution in [2.45, 2.75) is 46.1 Å². The minimum atomic E-state index is -0.437. The van der Waals surface area contributed by atoms with Gasteiger partial charge < -0.3 is 4.74 Å². The lowest BCUT2D eigenvalue weighted by atomic mass is 10.0. The van der Waals surface area contributed by atoms with Gasteiger partial charge >= 0.3 is 5.97 Å². The third-order valence-corrected chi connectivity index (χ3v) is 5.35. The Morgan fingerprint density at radius 3 is 2.48 bits per heavy atom. The van der Waals surface area contributed by atoms with E-state index in [0.29, 0.717) is 15.1 Å². The molecular formula is C19H23NO3S2. The molecule has 1 unspecified atom stereocenters. The zero-order valence-electron chi connectivity index (χ0n) is 14.9. The van der Waals surface area contributed by atoms with Crippen LogP contribution in [0.2, 0.25) is 0 Å². The number of nitrogens with zero attached hydrogens (tertiary/aromatic N) is 1. The first-order valence-electron chi connectivity index (χ1n) is 8.36. The number of hydrogen-bond donors (Lipinski definition) is 0. The summed E-state index contributed by atoms with van der Waals surface area (Å²) in [6.07, 6.45) is 2.38. The van der Waals surface area contributed by atoms with Crippen molar-refractivity contribution in [3.63, 3.8) is 0 Å². The van der Waals surface area contributed by atoms with Gasteiger partial charge in [-0.05, 0) is 36.5 Å². The minimum absolute atomic E-state index is 0.140. The zero-order chi connectivity index (χ0) is 18.6. The molecule has 2 rings (SSSR count). The van der Waals surface area contributed by atoms with E-state index in [0.717, 1.165) is 12.0 Å². The second-order valence-electron chi connectivity index (χ2n) is 6.30. The van der Waals surface area contributed by atoms with E-state index >= 15 is 0 Å². The molecule has 1 heterocycles. The average molecular weight is 378 g/mol. The molecular weight excluding hydrogens is 354 g/mol. The van der Waals surface area contributed by atoms with Gasteiger partial charge in [-0.25, -0.2) is 0 Å². The van der Waals surface area contributed by atoms with Gasteiger partial charge in [0, 0.05) is 0 Å². The van der Waals surface area contributed by atoms with Gasteiger partial charge in [0.05, 0.1) is 11.0 Å². The van der Waals surface area contributed by atoms with Crippen LogP contribution in [-0.2, 0) is 14.3 Å². The second kappa shape index (κ2) is 8.63. The number of thiocarbonyl (C=S) groups is 1. The fourth-order valence-corrected chi connectivity index (χ4v) is 3.49. The molecule has 0 aromatic heterocycles. The van der Waals surface area contributed by atoms with Crippen LogP contribution in [-0.4, -0.2) is 33.7 Å². The number of carbonyl (C=O) groups is 2. The molecule has 1 saturated heterocycles. The molecule has 1 aromatic carbocycles. The lowest BCUT2D eigenvalue weighted by molar-refractivity contribution is -0.150. The highest BCUT2D eigenvalue weighted by Crippen LogP contribution is 2.32. The quantitative estimate of drug-likeness (QED) is 0.419. The van der Waals surface area contributed by atoms with Crippen molar-refractivity contribution in [3.8, 4) is 0 Å². The molecule has 25 heavy (non-hydrogen) atoms. The Kier molecular flexibility index (Phi) is 6.79. The molecule has 0 radical (unpaired) electrons. The maximum absolute atomic E-state index is 12.5. The van der Waals surface area contributed by atoms with E-state index < -0.39 is 5.97 Å². The van der Waals surface area contributed by atoms with Crippen LogP contribution < -0.4 is 0 Å². The highest BCUT2D eigenvalue weighted by atomic mass is 32.2. The van der Waals surface area contributed by atoms with Crippen molar-refractivity contribution >= 4 is 46.3 Å². The van der Waals surface area contributed by atoms with Gasteiger partial charge in [0.15, 0.2) is 0 Å². The molecule has 0 N–H and O–H groups in total. The summed E-state index contributed by atoms with van der Waals surface area (Å²) >= 11 is 6.46. The van der Waals surface area contributed by atoms with Gasteiger partial charge in [0.2, 0.25) is 0 Å². The van der Waals surface area contributed by atoms with Crippen molar-refractivity contribution in [2.75, 3.05) is 6.54 Å². The van der Waals surface area contributed by atoms with E-state index in [1.165, 1.54) is 22.2 Å². The zero-order valence-corrected chi connectivity index (χ0v) is 16.6. The van der Waals surface area contributed by atoms with Crippen molar-refractivity contribution < 1.29 is 14.3 Å². The maximum atomic E-state index is 12.5. The Morgan fingerprint density at radius 2 is 1.92 bits per heavy atom. The van der Waals surface area contributed by atoms with Crippen LogP contribution in [0.5, 0.6) is 0 Å². The Hall–Kier alpha value is -1.66. The van der Waals surface area contributed by atoms with Crippen LogP contribution in [0.15, 0.2) is 29.2 Å². The standard InChI is InChI=1S/C19H23NO3S2/c1-5-13(4)23-17(21)11-20-18(22)16(25-19(20)24)10-14-6-8-15(9-7-14)12(2)3/h6-10,12-13H,5,11H2,1-4H3. The third-order valence-electron chi connectivity index (χ3n) is 3.97. The maximum Gasteiger partial charge on any atom is 0.326 e. The molecule has 1 amide bonds. The predicted octanol–water partition coefficient (Wildman–Crippen LogP) is 4.35. The first-order valence-corrected chi connectivity index (χ1v) is 9.59. The van der Waals surface area contributed by atoms with Gasteiger partial charge in [0.1, 0.15) is 10.9 Å². The third kappa shape index (κ3) is 5.16. The largest absolute Gasteiger partial charge is 0.461 e. The number of thioether (sulfide) groups is 1. The van der Waals surface area contributed by atoms with Crippen LogP contribution in [0.3, 0.4) is 0 Å². The summed E-state index contributed by atoms with van der Waals surface area (Å²) in [6.45, 7) is 7.89. The van der Waals surface area contributed by atoms with Crippen molar-refractivity contribution in [1.29, 1.82) is 0 Å². The summed E-state index contributed by atoms with van der Waals surface area (Å²) in [7, 11) is 0. The number of esters is 1. The Balaban J connectivity index is 2.08. The molecule has 0 bridgehead atoms. The Morgan fingerprint density at radius 1 is 1.28 bits per heavy atom. The number of ether oxygens (including phenoxy) is 1. The first-order chi connectivity index (χ1) is 11.8. The van der Waals surface area contributed by atoms with Crippen LogP contribution in [0.25, 0.3) is 6.08 Å². The predicted molar refractivity (Wildman–Crippen MR) is 106 cm³/mol. The molecule has 1 aromatic rings. The average Bonchev–Trinajstić information content (AvgIpc) is 2.82. The first kappa shape index (κ1) is 19.7. The Labute approximate surface area is 158 Å². The number of carbonyl (C=O) groups excluding carboxylic acids is 2. The second-order valence-corrected chi connectivity index (χ2v) is 7.97. The highest BCUT2D eigenvalue weighted by molar-refractivity contribution is 8.26. The lowest BCUT2D eigenvalue weighted by Gasteiger charge is -2.16. The molecule has 1 aliphatic heterocycles. The van der Waals surface area contributed by atoms with Crippen LogP contribution >= 0.6 is 24.0 Å². The minimum Gasteiger partial charge on any atom is -0.461 e. The summed E-state index contributed by atoms with van der Waals surface area (Å²) in [5.41, 5.74) is 2.18. The summed E-state index contributed by atoms with van der Waals surface area (Å²) < 4.78 is 5.61. The molecule has 134 valence electrons. The van der Waals surface area contributed by atoms with E-state index in [1.54, 1.807) is 0 Å². The van der Waals surface area contributed by atoms with Gasteiger partial charge in [-0.1, -0.05) is 69.0 Å². The topological polar surface area (TPSA) is 46.6 Å². The van der Waals surface area contributed by atoms with Gasteiger partial charge in [-0.3, -0.25) is 14.5 Å². The molecule has 0 spiro atoms. The number of benzene rings is 1. The van der Waals surface area contributed by atoms with E-state index in [1.807, 2.05) is 32.1 Å². The smallest absolute Gasteiger partial charge is 0.326 e. The molecule has 1 fully saturated rings. The van der Waals surface area contributed by atoms with Crippen LogP contribution in [0, 0.1) is 0 Å². The van der Waals surface area contributed by atoms with Gasteiger partial charge in [-0.2, -0.15) is 0 Å². The fraction of sp³-hybridized carbons (Fsp3) is 0.421. The number of rotatable bonds is 6. The highest BCUT2D eigenvalue weighted by Gasteiger charge is 2.34. The number of amides is 1. The van der Waals surface area contributed by atoms with E-state index in [-0.39, 0.29) is 18.6 Å². The van der Waals surface area contributed by atoms with Crippen LogP contribution in [0.4, 0.5) is 0 Å². The molecule has 1 aliphatic rings. The van der Waals surface area contributed by atoms with Crippen molar-refractivity contribution in [1.82, 2.24) is 4.90 Å². The van der Waals surface area contributed by atoms with Gasteiger partial charge in [-0.15, -0.1) is 0 Å². The molecule has 1 atom stereocenters. The summed E-state index contributed by atoms with van der Waals surface area (Å²) in [6, 6.07) is 8.08. The van der Waals surface area contributed by atoms with E-state index in [2.05, 4.69) is 26.0 Å². The SMILES string of the molecule is CCC(C)OC(=O)CN1C(=O)C(=Cc2ccc(C(C)C)cc2)SC1=S. The molecule has 0 aliphatic carbocycles. The molecule has 6 heteroatoms.